The molecular formula is C36H68O. The molecule has 0 bridgehead atoms. The van der Waals surface area contributed by atoms with E-state index in [0.29, 0.717) is 16.2 Å². The van der Waals surface area contributed by atoms with Crippen molar-refractivity contribution in [2.45, 2.75) is 178 Å². The molecule has 218 valence electrons. The maximum Gasteiger partial charge on any atom is 0.0664 e. The molecule has 0 aromatic heterocycles. The van der Waals surface area contributed by atoms with Crippen molar-refractivity contribution in [3.05, 3.63) is 0 Å². The molecule has 1 heteroatoms. The highest BCUT2D eigenvalue weighted by Crippen LogP contribution is 2.54. The summed E-state index contributed by atoms with van der Waals surface area (Å²) in [6.45, 7) is 29.9. The third-order valence-corrected chi connectivity index (χ3v) is 11.6. The van der Waals surface area contributed by atoms with Crippen LogP contribution in [0.4, 0.5) is 0 Å². The average molecular weight is 517 g/mol. The van der Waals surface area contributed by atoms with Gasteiger partial charge in [-0.25, -0.2) is 0 Å². The Bertz CT molecular complexity index is 731. The third kappa shape index (κ3) is 8.98. The first-order chi connectivity index (χ1) is 16.8. The fraction of sp³-hybridized carbons (Fsp3) is 1.00. The molecule has 1 aliphatic heterocycles. The molecule has 37 heavy (non-hydrogen) atoms. The zero-order chi connectivity index (χ0) is 27.9. The highest BCUT2D eigenvalue weighted by Gasteiger charge is 2.45. The van der Waals surface area contributed by atoms with Crippen LogP contribution in [-0.2, 0) is 4.74 Å². The van der Waals surface area contributed by atoms with Crippen LogP contribution in [0.2, 0.25) is 0 Å². The van der Waals surface area contributed by atoms with E-state index in [1.54, 1.807) is 0 Å². The van der Waals surface area contributed by atoms with Gasteiger partial charge in [0, 0.05) is 0 Å². The average Bonchev–Trinajstić information content (AvgIpc) is 2.72. The second-order valence-corrected chi connectivity index (χ2v) is 18.1. The van der Waals surface area contributed by atoms with E-state index in [-0.39, 0.29) is 11.2 Å². The monoisotopic (exact) mass is 517 g/mol. The number of ether oxygens (including phenoxy) is 1. The van der Waals surface area contributed by atoms with E-state index in [4.69, 9.17) is 4.74 Å². The van der Waals surface area contributed by atoms with Crippen LogP contribution in [0.25, 0.3) is 0 Å². The first-order valence-corrected chi connectivity index (χ1v) is 16.5. The minimum absolute atomic E-state index is 0.0147. The van der Waals surface area contributed by atoms with Crippen molar-refractivity contribution in [3.8, 4) is 0 Å². The van der Waals surface area contributed by atoms with E-state index < -0.39 is 0 Å². The first-order valence-electron chi connectivity index (χ1n) is 16.5. The van der Waals surface area contributed by atoms with Gasteiger partial charge in [0.15, 0.2) is 0 Å². The van der Waals surface area contributed by atoms with E-state index in [2.05, 4.69) is 83.1 Å². The Kier molecular flexibility index (Phi) is 9.74. The summed E-state index contributed by atoms with van der Waals surface area (Å²) in [6, 6.07) is 0. The summed E-state index contributed by atoms with van der Waals surface area (Å²) in [5.41, 5.74) is 1.60. The molecular weight excluding hydrogens is 448 g/mol. The molecule has 0 aromatic rings. The molecule has 0 radical (unpaired) electrons. The Balaban J connectivity index is 1.59. The molecule has 0 spiro atoms. The standard InChI is InChI=1S/C36H68O/c1-26(2)30-22-34(9,10)37-36(12,24-30)19-16-28(4)31-21-33(7,8)25-35(11,23-31)18-15-27(3)29-14-13-17-32(5,6)20-29/h26-31H,13-25H2,1-12H3/t27?,28?,29-,30?,31?,35?,36?/m1/s1. The minimum Gasteiger partial charge on any atom is -0.369 e. The zero-order valence-corrected chi connectivity index (χ0v) is 27.6. The van der Waals surface area contributed by atoms with Crippen molar-refractivity contribution in [2.24, 2.45) is 51.8 Å². The molecule has 2 saturated carbocycles. The predicted molar refractivity (Wildman–Crippen MR) is 163 cm³/mol. The molecule has 3 rings (SSSR count). The van der Waals surface area contributed by atoms with Crippen molar-refractivity contribution in [1.29, 1.82) is 0 Å². The first kappa shape index (κ1) is 31.5. The smallest absolute Gasteiger partial charge is 0.0664 e. The summed E-state index contributed by atoms with van der Waals surface area (Å²) in [4.78, 5) is 0. The topological polar surface area (TPSA) is 9.23 Å². The van der Waals surface area contributed by atoms with Crippen LogP contribution in [0.3, 0.4) is 0 Å². The van der Waals surface area contributed by atoms with Crippen molar-refractivity contribution >= 4 is 0 Å². The summed E-state index contributed by atoms with van der Waals surface area (Å²) < 4.78 is 6.80. The number of rotatable bonds is 9. The lowest BCUT2D eigenvalue weighted by Crippen LogP contribution is -2.48. The molecule has 0 amide bonds. The van der Waals surface area contributed by atoms with Crippen molar-refractivity contribution in [1.82, 2.24) is 0 Å². The quantitative estimate of drug-likeness (QED) is 0.296. The van der Waals surface area contributed by atoms with Gasteiger partial charge in [0.2, 0.25) is 0 Å². The highest BCUT2D eigenvalue weighted by atomic mass is 16.5. The Morgan fingerprint density at radius 2 is 1.24 bits per heavy atom. The lowest BCUT2D eigenvalue weighted by Gasteiger charge is -2.51. The zero-order valence-electron chi connectivity index (χ0n) is 27.6. The van der Waals surface area contributed by atoms with E-state index in [1.165, 1.54) is 83.5 Å². The Morgan fingerprint density at radius 1 is 0.649 bits per heavy atom. The van der Waals surface area contributed by atoms with E-state index >= 15 is 0 Å². The summed E-state index contributed by atoms with van der Waals surface area (Å²) in [6.07, 6.45) is 17.9. The maximum absolute atomic E-state index is 6.80. The summed E-state index contributed by atoms with van der Waals surface area (Å²) >= 11 is 0. The molecule has 0 aromatic carbocycles. The second kappa shape index (κ2) is 11.4. The number of hydrogen-bond acceptors (Lipinski definition) is 1. The van der Waals surface area contributed by atoms with Crippen LogP contribution in [0.15, 0.2) is 0 Å². The van der Waals surface area contributed by atoms with Gasteiger partial charge < -0.3 is 4.74 Å². The van der Waals surface area contributed by atoms with Gasteiger partial charge in [0.05, 0.1) is 11.2 Å². The molecule has 2 aliphatic carbocycles. The molecule has 3 fully saturated rings. The van der Waals surface area contributed by atoms with Crippen molar-refractivity contribution in [2.75, 3.05) is 0 Å². The lowest BCUT2D eigenvalue weighted by molar-refractivity contribution is -0.191. The molecule has 3 aliphatic rings. The maximum atomic E-state index is 6.80. The van der Waals surface area contributed by atoms with Gasteiger partial charge in [-0.2, -0.15) is 0 Å². The van der Waals surface area contributed by atoms with Crippen molar-refractivity contribution < 1.29 is 4.74 Å². The molecule has 1 saturated heterocycles. The van der Waals surface area contributed by atoms with Crippen LogP contribution < -0.4 is 0 Å². The van der Waals surface area contributed by atoms with Crippen LogP contribution in [-0.4, -0.2) is 11.2 Å². The van der Waals surface area contributed by atoms with Gasteiger partial charge in [0.1, 0.15) is 0 Å². The van der Waals surface area contributed by atoms with Gasteiger partial charge >= 0.3 is 0 Å². The third-order valence-electron chi connectivity index (χ3n) is 11.6. The summed E-state index contributed by atoms with van der Waals surface area (Å²) in [5, 5.41) is 0. The normalized spacial score (nSPS) is 39.3. The Morgan fingerprint density at radius 3 is 1.86 bits per heavy atom. The van der Waals surface area contributed by atoms with Gasteiger partial charge in [-0.1, -0.05) is 75.2 Å². The fourth-order valence-corrected chi connectivity index (χ4v) is 9.76. The van der Waals surface area contributed by atoms with Crippen LogP contribution >= 0.6 is 0 Å². The molecule has 0 N–H and O–H groups in total. The van der Waals surface area contributed by atoms with Crippen molar-refractivity contribution in [3.63, 3.8) is 0 Å². The molecule has 6 unspecified atom stereocenters. The highest BCUT2D eigenvalue weighted by molar-refractivity contribution is 4.96. The molecule has 1 nitrogen and oxygen atoms in total. The Labute approximate surface area is 234 Å². The van der Waals surface area contributed by atoms with Crippen LogP contribution in [0.5, 0.6) is 0 Å². The number of hydrogen-bond donors (Lipinski definition) is 0. The largest absolute Gasteiger partial charge is 0.369 e. The fourth-order valence-electron chi connectivity index (χ4n) is 9.76. The van der Waals surface area contributed by atoms with Crippen LogP contribution in [0.1, 0.15) is 167 Å². The molecule has 7 atom stereocenters. The SMILES string of the molecule is CC(C)C1CC(C)(C)OC(C)(CCC(C)C2CC(C)(C)CC(C)(CCC(C)[C@@H]3CCCC(C)(C)C3)C2)C1. The van der Waals surface area contributed by atoms with E-state index in [1.807, 2.05) is 0 Å². The lowest BCUT2D eigenvalue weighted by atomic mass is 9.56. The van der Waals surface area contributed by atoms with Gasteiger partial charge in [0.25, 0.3) is 0 Å². The van der Waals surface area contributed by atoms with Gasteiger partial charge in [-0.05, 0) is 143 Å². The molecule has 1 heterocycles. The van der Waals surface area contributed by atoms with Gasteiger partial charge in [-0.3, -0.25) is 0 Å². The Hall–Kier alpha value is -0.0400. The van der Waals surface area contributed by atoms with E-state index in [9.17, 15) is 0 Å². The summed E-state index contributed by atoms with van der Waals surface area (Å²) in [5.74, 6) is 5.03. The second-order valence-electron chi connectivity index (χ2n) is 18.1. The van der Waals surface area contributed by atoms with Crippen LogP contribution in [0, 0.1) is 51.8 Å². The summed E-state index contributed by atoms with van der Waals surface area (Å²) in [7, 11) is 0. The van der Waals surface area contributed by atoms with E-state index in [0.717, 1.165) is 35.5 Å². The predicted octanol–water partition coefficient (Wildman–Crippen LogP) is 11.5. The minimum atomic E-state index is 0.0147. The van der Waals surface area contributed by atoms with Gasteiger partial charge in [-0.15, -0.1) is 0 Å².